The third-order valence-electron chi connectivity index (χ3n) is 3.59. The predicted molar refractivity (Wildman–Crippen MR) is 85.8 cm³/mol. The van der Waals surface area contributed by atoms with Crippen LogP contribution in [0.15, 0.2) is 23.9 Å². The predicted octanol–water partition coefficient (Wildman–Crippen LogP) is 1.66. The van der Waals surface area contributed by atoms with Gasteiger partial charge in [-0.05, 0) is 18.6 Å². The largest absolute Gasteiger partial charge is 0.363 e. The molecular weight excluding hydrogens is 296 g/mol. The van der Waals surface area contributed by atoms with Gasteiger partial charge in [0.2, 0.25) is 0 Å². The van der Waals surface area contributed by atoms with Gasteiger partial charge in [-0.15, -0.1) is 0 Å². The summed E-state index contributed by atoms with van der Waals surface area (Å²) in [5.41, 5.74) is 1.83. The number of hydrogen-bond acceptors (Lipinski definition) is 7. The highest BCUT2D eigenvalue weighted by Crippen LogP contribution is 2.34. The fraction of sp³-hybridized carbons (Fsp3) is 0.333. The quantitative estimate of drug-likeness (QED) is 0.493. The molecule has 2 N–H and O–H groups in total. The van der Waals surface area contributed by atoms with E-state index >= 15 is 0 Å². The van der Waals surface area contributed by atoms with E-state index in [1.807, 2.05) is 4.90 Å². The van der Waals surface area contributed by atoms with Crippen molar-refractivity contribution in [2.45, 2.75) is 6.92 Å². The molecule has 0 amide bonds. The van der Waals surface area contributed by atoms with Crippen LogP contribution in [0.4, 0.5) is 17.1 Å². The van der Waals surface area contributed by atoms with Crippen LogP contribution in [0.3, 0.4) is 0 Å². The van der Waals surface area contributed by atoms with E-state index < -0.39 is 0 Å². The van der Waals surface area contributed by atoms with Crippen molar-refractivity contribution < 1.29 is 4.92 Å². The van der Waals surface area contributed by atoms with Crippen molar-refractivity contribution in [1.82, 2.24) is 5.32 Å². The fourth-order valence-electron chi connectivity index (χ4n) is 2.38. The zero-order valence-electron chi connectivity index (χ0n) is 12.7. The molecule has 0 saturated carbocycles. The summed E-state index contributed by atoms with van der Waals surface area (Å²) in [6.07, 6.45) is 1.30. The third-order valence-corrected chi connectivity index (χ3v) is 3.59. The molecule has 0 atom stereocenters. The van der Waals surface area contributed by atoms with E-state index in [-0.39, 0.29) is 16.2 Å². The normalized spacial score (nSPS) is 13.6. The van der Waals surface area contributed by atoms with E-state index in [4.69, 9.17) is 10.5 Å². The molecule has 0 aliphatic carbocycles. The number of nitrogens with one attached hydrogen (secondary N) is 2. The van der Waals surface area contributed by atoms with E-state index in [1.54, 1.807) is 25.1 Å². The van der Waals surface area contributed by atoms with E-state index in [9.17, 15) is 10.1 Å². The smallest absolute Gasteiger partial charge is 0.292 e. The van der Waals surface area contributed by atoms with Gasteiger partial charge in [-0.3, -0.25) is 10.1 Å². The molecule has 1 aliphatic rings. The highest BCUT2D eigenvalue weighted by Gasteiger charge is 2.22. The van der Waals surface area contributed by atoms with Crippen LogP contribution in [0.25, 0.3) is 0 Å². The van der Waals surface area contributed by atoms with Crippen LogP contribution in [-0.4, -0.2) is 31.1 Å². The number of nitro benzene ring substituents is 1. The molecule has 0 spiro atoms. The molecule has 1 aliphatic heterocycles. The number of aryl methyl sites for hydroxylation is 1. The molecule has 0 radical (unpaired) electrons. The molecule has 1 aromatic rings. The van der Waals surface area contributed by atoms with Gasteiger partial charge in [0, 0.05) is 44.1 Å². The maximum atomic E-state index is 11.3. The van der Waals surface area contributed by atoms with Crippen molar-refractivity contribution in [3.63, 3.8) is 0 Å². The third kappa shape index (κ3) is 3.76. The zero-order chi connectivity index (χ0) is 16.8. The minimum absolute atomic E-state index is 0.0553. The Labute approximate surface area is 133 Å². The SMILES string of the molecule is Cc1cc([N+](=O)[O-])c(N2CCNCC2)cc1NC=C(C#N)C#N. The highest BCUT2D eigenvalue weighted by molar-refractivity contribution is 5.73. The molecule has 0 unspecified atom stereocenters. The Balaban J connectivity index is 2.41. The Kier molecular flexibility index (Phi) is 5.13. The minimum atomic E-state index is -0.389. The Hall–Kier alpha value is -3.10. The first kappa shape index (κ1) is 16.3. The number of rotatable bonds is 4. The van der Waals surface area contributed by atoms with Crippen molar-refractivity contribution >= 4 is 17.1 Å². The van der Waals surface area contributed by atoms with Gasteiger partial charge < -0.3 is 15.5 Å². The number of hydrogen-bond donors (Lipinski definition) is 2. The summed E-state index contributed by atoms with van der Waals surface area (Å²) >= 11 is 0. The minimum Gasteiger partial charge on any atom is -0.363 e. The maximum Gasteiger partial charge on any atom is 0.292 e. The lowest BCUT2D eigenvalue weighted by molar-refractivity contribution is -0.384. The molecule has 2 rings (SSSR count). The highest BCUT2D eigenvalue weighted by atomic mass is 16.6. The second-order valence-corrected chi connectivity index (χ2v) is 5.08. The second-order valence-electron chi connectivity index (χ2n) is 5.08. The standard InChI is InChI=1S/C15H16N6O2/c1-11-6-15(21(22)23)14(20-4-2-18-3-5-20)7-13(11)19-10-12(8-16)9-17/h6-7,10,18-19H,2-5H2,1H3. The summed E-state index contributed by atoms with van der Waals surface area (Å²) < 4.78 is 0. The number of benzene rings is 1. The lowest BCUT2D eigenvalue weighted by Gasteiger charge is -2.29. The van der Waals surface area contributed by atoms with Gasteiger partial charge in [-0.25, -0.2) is 0 Å². The Morgan fingerprint density at radius 2 is 2.04 bits per heavy atom. The summed E-state index contributed by atoms with van der Waals surface area (Å²) in [5.74, 6) is 0. The molecule has 23 heavy (non-hydrogen) atoms. The van der Waals surface area contributed by atoms with Gasteiger partial charge in [-0.1, -0.05) is 0 Å². The molecule has 8 heteroatoms. The van der Waals surface area contributed by atoms with Gasteiger partial charge in [0.1, 0.15) is 23.4 Å². The van der Waals surface area contributed by atoms with Crippen LogP contribution in [0.1, 0.15) is 5.56 Å². The summed E-state index contributed by atoms with van der Waals surface area (Å²) in [5, 5.41) is 35.0. The van der Waals surface area contributed by atoms with E-state index in [0.29, 0.717) is 30.0 Å². The number of allylic oxidation sites excluding steroid dienone is 1. The van der Waals surface area contributed by atoms with E-state index in [0.717, 1.165) is 13.1 Å². The van der Waals surface area contributed by atoms with Crippen molar-refractivity contribution in [2.24, 2.45) is 0 Å². The molecule has 1 fully saturated rings. The van der Waals surface area contributed by atoms with Crippen LogP contribution < -0.4 is 15.5 Å². The van der Waals surface area contributed by atoms with Gasteiger partial charge in [-0.2, -0.15) is 10.5 Å². The van der Waals surface area contributed by atoms with Gasteiger partial charge in [0.25, 0.3) is 5.69 Å². The van der Waals surface area contributed by atoms with Crippen molar-refractivity contribution in [3.05, 3.63) is 39.6 Å². The van der Waals surface area contributed by atoms with Crippen LogP contribution in [0, 0.1) is 39.7 Å². The molecule has 1 saturated heterocycles. The summed E-state index contributed by atoms with van der Waals surface area (Å²) in [7, 11) is 0. The van der Waals surface area contributed by atoms with E-state index in [2.05, 4.69) is 10.6 Å². The molecular formula is C15H16N6O2. The summed E-state index contributed by atoms with van der Waals surface area (Å²) in [6.45, 7) is 4.63. The fourth-order valence-corrected chi connectivity index (χ4v) is 2.38. The first-order chi connectivity index (χ1) is 11.1. The molecule has 118 valence electrons. The Morgan fingerprint density at radius 3 is 2.61 bits per heavy atom. The van der Waals surface area contributed by atoms with E-state index in [1.165, 1.54) is 12.3 Å². The van der Waals surface area contributed by atoms with Crippen LogP contribution >= 0.6 is 0 Å². The molecule has 8 nitrogen and oxygen atoms in total. The lowest BCUT2D eigenvalue weighted by Crippen LogP contribution is -2.43. The number of nitrogens with zero attached hydrogens (tertiary/aromatic N) is 4. The lowest BCUT2D eigenvalue weighted by atomic mass is 10.1. The van der Waals surface area contributed by atoms with Gasteiger partial charge in [0.05, 0.1) is 4.92 Å². The first-order valence-electron chi connectivity index (χ1n) is 7.08. The number of piperazine rings is 1. The van der Waals surface area contributed by atoms with Crippen molar-refractivity contribution in [1.29, 1.82) is 10.5 Å². The Bertz CT molecular complexity index is 707. The second kappa shape index (κ2) is 7.25. The average Bonchev–Trinajstić information content (AvgIpc) is 2.57. The number of nitro groups is 1. The molecule has 1 aromatic carbocycles. The first-order valence-corrected chi connectivity index (χ1v) is 7.08. The average molecular weight is 312 g/mol. The van der Waals surface area contributed by atoms with Crippen molar-refractivity contribution in [2.75, 3.05) is 36.4 Å². The van der Waals surface area contributed by atoms with Crippen LogP contribution in [-0.2, 0) is 0 Å². The van der Waals surface area contributed by atoms with Crippen molar-refractivity contribution in [3.8, 4) is 12.1 Å². The monoisotopic (exact) mass is 312 g/mol. The Morgan fingerprint density at radius 1 is 1.39 bits per heavy atom. The topological polar surface area (TPSA) is 118 Å². The summed E-state index contributed by atoms with van der Waals surface area (Å²) in [4.78, 5) is 12.9. The number of nitriles is 2. The van der Waals surface area contributed by atoms with Crippen LogP contribution in [0.2, 0.25) is 0 Å². The zero-order valence-corrected chi connectivity index (χ0v) is 12.7. The summed E-state index contributed by atoms with van der Waals surface area (Å²) in [6, 6.07) is 6.72. The van der Waals surface area contributed by atoms with Crippen LogP contribution in [0.5, 0.6) is 0 Å². The van der Waals surface area contributed by atoms with Gasteiger partial charge in [0.15, 0.2) is 0 Å². The molecule has 0 bridgehead atoms. The number of anilines is 2. The maximum absolute atomic E-state index is 11.3. The van der Waals surface area contributed by atoms with Gasteiger partial charge >= 0.3 is 0 Å². The molecule has 0 aromatic heterocycles. The molecule has 1 heterocycles.